The van der Waals surface area contributed by atoms with Gasteiger partial charge >= 0.3 is 23.9 Å². The van der Waals surface area contributed by atoms with E-state index < -0.39 is 11.9 Å². The molecule has 0 fully saturated rings. The third kappa shape index (κ3) is 39.1. The van der Waals surface area contributed by atoms with Gasteiger partial charge in [-0.15, -0.1) is 0 Å². The van der Waals surface area contributed by atoms with Crippen LogP contribution in [0.4, 0.5) is 0 Å². The number of unbranched alkanes of at least 4 members (excludes halogenated alkanes) is 15. The molecule has 0 aliphatic heterocycles. The zero-order valence-corrected chi connectivity index (χ0v) is 29.6. The molecule has 40 heavy (non-hydrogen) atoms. The monoisotopic (exact) mass is 666 g/mol. The molecule has 1 aromatic rings. The number of hydrogen-bond acceptors (Lipinski definition) is 4. The summed E-state index contributed by atoms with van der Waals surface area (Å²) < 4.78 is 0. The molecule has 0 unspecified atom stereocenters. The second-order valence-electron chi connectivity index (χ2n) is 10.1. The zero-order valence-electron chi connectivity index (χ0n) is 26.7. The van der Waals surface area contributed by atoms with Crippen molar-refractivity contribution in [2.75, 3.05) is 0 Å². The summed E-state index contributed by atoms with van der Waals surface area (Å²) >= 11 is 0. The van der Waals surface area contributed by atoms with Gasteiger partial charge in [0.15, 0.2) is 0 Å². The van der Waals surface area contributed by atoms with Crippen LogP contribution in [-0.4, -0.2) is 35.8 Å². The van der Waals surface area contributed by atoms with E-state index in [1.165, 1.54) is 89.9 Å². The SMILES string of the molecule is CCCCCCCCCCCCCCCCC(=O)[O-].CCCc1ccccc1C(=O)[O-].[CH2]CCC.[CH2]CCC.[Sn+2]. The van der Waals surface area contributed by atoms with Crippen molar-refractivity contribution in [2.24, 2.45) is 0 Å². The third-order valence-corrected chi connectivity index (χ3v) is 6.20. The van der Waals surface area contributed by atoms with Crippen LogP contribution in [0.3, 0.4) is 0 Å². The number of aryl methyl sites for hydroxylation is 1. The molecule has 0 heterocycles. The predicted octanol–water partition coefficient (Wildman–Crippen LogP) is 8.47. The Morgan fingerprint density at radius 3 is 1.30 bits per heavy atom. The summed E-state index contributed by atoms with van der Waals surface area (Å²) in [5, 5.41) is 20.8. The molecule has 230 valence electrons. The molecular formula is C35H62O4Sn. The van der Waals surface area contributed by atoms with E-state index in [-0.39, 0.29) is 30.3 Å². The minimum atomic E-state index is -1.08. The molecule has 0 atom stereocenters. The molecule has 5 heteroatoms. The fourth-order valence-electron chi connectivity index (χ4n) is 3.67. The van der Waals surface area contributed by atoms with Crippen LogP contribution in [0.5, 0.6) is 0 Å². The Morgan fingerprint density at radius 2 is 0.975 bits per heavy atom. The summed E-state index contributed by atoms with van der Waals surface area (Å²) in [7, 11) is 0. The van der Waals surface area contributed by atoms with Crippen LogP contribution in [-0.2, 0) is 11.2 Å². The second-order valence-corrected chi connectivity index (χ2v) is 10.1. The van der Waals surface area contributed by atoms with Crippen molar-refractivity contribution in [3.05, 3.63) is 49.2 Å². The van der Waals surface area contributed by atoms with E-state index in [0.717, 1.165) is 44.1 Å². The molecule has 0 aromatic heterocycles. The Morgan fingerprint density at radius 1 is 0.600 bits per heavy atom. The average molecular weight is 666 g/mol. The predicted molar refractivity (Wildman–Crippen MR) is 171 cm³/mol. The number of carbonyl (C=O) groups excluding carboxylic acids is 2. The zero-order chi connectivity index (χ0) is 30.0. The first kappa shape index (κ1) is 45.9. The molecule has 1 rings (SSSR count). The first-order valence-corrected chi connectivity index (χ1v) is 15.9. The Bertz CT molecular complexity index is 626. The van der Waals surface area contributed by atoms with Crippen LogP contribution in [0, 0.1) is 13.8 Å². The van der Waals surface area contributed by atoms with Crippen LogP contribution in [0.1, 0.15) is 172 Å². The van der Waals surface area contributed by atoms with Gasteiger partial charge in [-0.05, 0) is 24.8 Å². The summed E-state index contributed by atoms with van der Waals surface area (Å²) in [6.45, 7) is 15.7. The fraction of sp³-hybridized carbons (Fsp3) is 0.714. The van der Waals surface area contributed by atoms with Gasteiger partial charge in [0, 0.05) is 11.5 Å². The Balaban J connectivity index is -0.000000261. The molecule has 0 amide bonds. The summed E-state index contributed by atoms with van der Waals surface area (Å²) in [5.74, 6) is -1.99. The van der Waals surface area contributed by atoms with E-state index in [1.54, 1.807) is 12.1 Å². The van der Waals surface area contributed by atoms with Crippen LogP contribution in [0.25, 0.3) is 0 Å². The van der Waals surface area contributed by atoms with Gasteiger partial charge in [-0.25, -0.2) is 0 Å². The summed E-state index contributed by atoms with van der Waals surface area (Å²) in [6, 6.07) is 6.97. The molecule has 0 aliphatic rings. The molecule has 0 bridgehead atoms. The van der Waals surface area contributed by atoms with Gasteiger partial charge in [0.25, 0.3) is 0 Å². The maximum atomic E-state index is 10.6. The smallest absolute Gasteiger partial charge is 0.550 e. The van der Waals surface area contributed by atoms with E-state index >= 15 is 0 Å². The Kier molecular flexibility index (Phi) is 46.0. The number of aromatic carboxylic acids is 1. The Labute approximate surface area is 266 Å². The van der Waals surface area contributed by atoms with Gasteiger partial charge in [-0.3, -0.25) is 0 Å². The molecule has 4 nitrogen and oxygen atoms in total. The van der Waals surface area contributed by atoms with Gasteiger partial charge < -0.3 is 19.8 Å². The maximum absolute atomic E-state index is 10.6. The molecule has 0 N–H and O–H groups in total. The number of hydrogen-bond donors (Lipinski definition) is 0. The average Bonchev–Trinajstić information content (AvgIpc) is 2.94. The van der Waals surface area contributed by atoms with E-state index in [2.05, 4.69) is 34.6 Å². The van der Waals surface area contributed by atoms with Gasteiger partial charge in [-0.2, -0.15) is 0 Å². The van der Waals surface area contributed by atoms with Crippen molar-refractivity contribution in [3.8, 4) is 0 Å². The van der Waals surface area contributed by atoms with Crippen molar-refractivity contribution in [3.63, 3.8) is 0 Å². The molecule has 0 saturated carbocycles. The minimum absolute atomic E-state index is 0. The molecule has 0 spiro atoms. The van der Waals surface area contributed by atoms with Gasteiger partial charge in [0.1, 0.15) is 0 Å². The number of carboxylic acid groups (broad SMARTS) is 2. The number of rotatable bonds is 20. The maximum Gasteiger partial charge on any atom is 2.00 e. The van der Waals surface area contributed by atoms with Crippen molar-refractivity contribution in [1.29, 1.82) is 0 Å². The van der Waals surface area contributed by atoms with Crippen LogP contribution in [0.15, 0.2) is 24.3 Å². The van der Waals surface area contributed by atoms with E-state index in [1.807, 2.05) is 19.1 Å². The topological polar surface area (TPSA) is 80.3 Å². The molecule has 1 aromatic carbocycles. The fourth-order valence-corrected chi connectivity index (χ4v) is 3.67. The van der Waals surface area contributed by atoms with E-state index in [4.69, 9.17) is 0 Å². The quantitative estimate of drug-likeness (QED) is 0.103. The normalized spacial score (nSPS) is 9.55. The molecular weight excluding hydrogens is 603 g/mol. The van der Waals surface area contributed by atoms with Gasteiger partial charge in [0.05, 0.1) is 5.97 Å². The van der Waals surface area contributed by atoms with Crippen LogP contribution < -0.4 is 10.2 Å². The summed E-state index contributed by atoms with van der Waals surface area (Å²) in [6.07, 6.45) is 24.7. The number of carboxylic acids is 2. The van der Waals surface area contributed by atoms with Crippen molar-refractivity contribution >= 4 is 35.8 Å². The molecule has 0 aliphatic carbocycles. The molecule has 0 saturated heterocycles. The summed E-state index contributed by atoms with van der Waals surface area (Å²) in [4.78, 5) is 20.8. The Hall–Kier alpha value is -1.04. The van der Waals surface area contributed by atoms with Crippen molar-refractivity contribution in [1.82, 2.24) is 0 Å². The first-order chi connectivity index (χ1) is 18.9. The second kappa shape index (κ2) is 40.1. The van der Waals surface area contributed by atoms with E-state index in [9.17, 15) is 19.8 Å². The van der Waals surface area contributed by atoms with E-state index in [0.29, 0.717) is 5.56 Å². The number of aliphatic carboxylic acids is 1. The van der Waals surface area contributed by atoms with Crippen molar-refractivity contribution in [2.45, 2.75) is 163 Å². The van der Waals surface area contributed by atoms with Crippen molar-refractivity contribution < 1.29 is 19.8 Å². The number of carbonyl (C=O) groups is 2. The van der Waals surface area contributed by atoms with Gasteiger partial charge in [-0.1, -0.05) is 181 Å². The van der Waals surface area contributed by atoms with Crippen LogP contribution in [0.2, 0.25) is 0 Å². The minimum Gasteiger partial charge on any atom is -0.550 e. The standard InChI is InChI=1S/C17H34O2.C10H12O2.2C4H9.Sn/c1-2-3-4-5-6-7-8-9-10-11-12-13-14-15-16-17(18)19;1-2-5-8-6-3-4-7-9(8)10(11)12;2*1-3-4-2;/h2-16H2,1H3,(H,18,19);3-4,6-7H,2,5H2,1H3,(H,11,12);2*1,3-4H2,2H3;/q;;;;+2/p-2. The number of benzene rings is 1. The first-order valence-electron chi connectivity index (χ1n) is 15.9. The summed E-state index contributed by atoms with van der Waals surface area (Å²) in [5.41, 5.74) is 1.18. The largest absolute Gasteiger partial charge is 2.00 e. The van der Waals surface area contributed by atoms with Gasteiger partial charge in [0.2, 0.25) is 0 Å². The van der Waals surface area contributed by atoms with Crippen LogP contribution >= 0.6 is 0 Å². The third-order valence-electron chi connectivity index (χ3n) is 6.20. The molecule has 4 radical (unpaired) electrons.